The van der Waals surface area contributed by atoms with Gasteiger partial charge in [-0.1, -0.05) is 37.3 Å². The molecule has 0 N–H and O–H groups in total. The van der Waals surface area contributed by atoms with E-state index in [1.807, 2.05) is 18.2 Å². The first-order valence-electron chi connectivity index (χ1n) is 7.25. The maximum atomic E-state index is 13.7. The Morgan fingerprint density at radius 2 is 1.90 bits per heavy atom. The quantitative estimate of drug-likeness (QED) is 0.800. The molecule has 0 radical (unpaired) electrons. The van der Waals surface area contributed by atoms with Crippen LogP contribution in [0.2, 0.25) is 0 Å². The fraction of sp³-hybridized carbons (Fsp3) is 0.278. The Morgan fingerprint density at radius 1 is 1.19 bits per heavy atom. The molecule has 1 aliphatic rings. The lowest BCUT2D eigenvalue weighted by molar-refractivity contribution is 0.0994. The summed E-state index contributed by atoms with van der Waals surface area (Å²) in [4.78, 5) is 14.4. The van der Waals surface area contributed by atoms with E-state index in [1.165, 1.54) is 11.6 Å². The average molecular weight is 283 g/mol. The summed E-state index contributed by atoms with van der Waals surface area (Å²) in [7, 11) is 0. The number of anilines is 1. The smallest absolute Gasteiger partial charge is 0.185 e. The first-order valence-corrected chi connectivity index (χ1v) is 7.25. The van der Waals surface area contributed by atoms with Crippen molar-refractivity contribution in [1.82, 2.24) is 0 Å². The van der Waals surface area contributed by atoms with Gasteiger partial charge in [-0.3, -0.25) is 4.79 Å². The number of benzene rings is 2. The molecule has 3 heteroatoms. The van der Waals surface area contributed by atoms with Crippen molar-refractivity contribution in [1.29, 1.82) is 0 Å². The van der Waals surface area contributed by atoms with E-state index < -0.39 is 5.82 Å². The minimum atomic E-state index is -0.444. The van der Waals surface area contributed by atoms with Crippen LogP contribution >= 0.6 is 0 Å². The molecule has 0 fully saturated rings. The van der Waals surface area contributed by atoms with Crippen molar-refractivity contribution in [2.75, 3.05) is 18.0 Å². The second-order valence-electron chi connectivity index (χ2n) is 5.72. The van der Waals surface area contributed by atoms with Crippen LogP contribution in [0.5, 0.6) is 0 Å². The third-order valence-corrected chi connectivity index (χ3v) is 3.94. The zero-order chi connectivity index (χ0) is 14.8. The van der Waals surface area contributed by atoms with Crippen molar-refractivity contribution in [2.45, 2.75) is 13.3 Å². The van der Waals surface area contributed by atoms with E-state index in [4.69, 9.17) is 0 Å². The van der Waals surface area contributed by atoms with E-state index in [2.05, 4.69) is 17.9 Å². The number of rotatable bonds is 3. The van der Waals surface area contributed by atoms with Crippen LogP contribution in [0.15, 0.2) is 48.5 Å². The molecule has 1 aliphatic heterocycles. The van der Waals surface area contributed by atoms with Crippen LogP contribution < -0.4 is 4.90 Å². The highest BCUT2D eigenvalue weighted by molar-refractivity contribution is 5.99. The highest BCUT2D eigenvalue weighted by atomic mass is 19.1. The standard InChI is InChI=1S/C18H18FNO/c1-13-10-14-6-2-5-9-17(14)20(11-13)12-18(21)15-7-3-4-8-16(15)19/h2-9,13H,10-12H2,1H3. The summed E-state index contributed by atoms with van der Waals surface area (Å²) in [5, 5.41) is 0. The van der Waals surface area contributed by atoms with Gasteiger partial charge in [-0.2, -0.15) is 0 Å². The molecule has 0 aliphatic carbocycles. The molecule has 0 bridgehead atoms. The monoisotopic (exact) mass is 283 g/mol. The van der Waals surface area contributed by atoms with Gasteiger partial charge in [0.15, 0.2) is 5.78 Å². The number of carbonyl (C=O) groups excluding carboxylic acids is 1. The predicted molar refractivity (Wildman–Crippen MR) is 82.3 cm³/mol. The lowest BCUT2D eigenvalue weighted by Gasteiger charge is -2.34. The number of Topliss-reactive ketones (excluding diaryl/α,β-unsaturated/α-hetero) is 1. The SMILES string of the molecule is CC1Cc2ccccc2N(CC(=O)c2ccccc2F)C1. The van der Waals surface area contributed by atoms with E-state index in [0.717, 1.165) is 18.7 Å². The molecule has 1 heterocycles. The number of nitrogens with zero attached hydrogens (tertiary/aromatic N) is 1. The van der Waals surface area contributed by atoms with Gasteiger partial charge in [-0.25, -0.2) is 4.39 Å². The number of halogens is 1. The molecule has 108 valence electrons. The minimum Gasteiger partial charge on any atom is -0.363 e. The highest BCUT2D eigenvalue weighted by Gasteiger charge is 2.24. The van der Waals surface area contributed by atoms with Gasteiger partial charge >= 0.3 is 0 Å². The van der Waals surface area contributed by atoms with E-state index in [0.29, 0.717) is 5.92 Å². The molecule has 0 saturated heterocycles. The molecule has 0 aromatic heterocycles. The molecular formula is C18H18FNO. The second kappa shape index (κ2) is 5.68. The van der Waals surface area contributed by atoms with E-state index >= 15 is 0 Å². The maximum absolute atomic E-state index is 13.7. The summed E-state index contributed by atoms with van der Waals surface area (Å²) >= 11 is 0. The zero-order valence-corrected chi connectivity index (χ0v) is 12.1. The van der Waals surface area contributed by atoms with E-state index in [-0.39, 0.29) is 17.9 Å². The maximum Gasteiger partial charge on any atom is 0.185 e. The minimum absolute atomic E-state index is 0.169. The van der Waals surface area contributed by atoms with Gasteiger partial charge in [0.05, 0.1) is 12.1 Å². The molecule has 1 atom stereocenters. The number of fused-ring (bicyclic) bond motifs is 1. The van der Waals surface area contributed by atoms with Crippen LogP contribution in [0.1, 0.15) is 22.8 Å². The molecule has 3 rings (SSSR count). The van der Waals surface area contributed by atoms with Crippen LogP contribution in [-0.2, 0) is 6.42 Å². The lowest BCUT2D eigenvalue weighted by atomic mass is 9.93. The Bertz CT molecular complexity index is 668. The predicted octanol–water partition coefficient (Wildman–Crippen LogP) is 3.71. The van der Waals surface area contributed by atoms with Crippen LogP contribution in [-0.4, -0.2) is 18.9 Å². The fourth-order valence-electron chi connectivity index (χ4n) is 3.00. The molecule has 0 amide bonds. The van der Waals surface area contributed by atoms with Crippen molar-refractivity contribution in [3.05, 3.63) is 65.5 Å². The summed E-state index contributed by atoms with van der Waals surface area (Å²) in [6.45, 7) is 3.23. The second-order valence-corrected chi connectivity index (χ2v) is 5.72. The average Bonchev–Trinajstić information content (AvgIpc) is 2.47. The number of ketones is 1. The summed E-state index contributed by atoms with van der Waals surface area (Å²) in [6, 6.07) is 14.3. The molecule has 2 aromatic rings. The molecule has 2 aromatic carbocycles. The number of para-hydroxylation sites is 1. The summed E-state index contributed by atoms with van der Waals surface area (Å²) in [5.41, 5.74) is 2.53. The Labute approximate surface area is 124 Å². The largest absolute Gasteiger partial charge is 0.363 e. The Hall–Kier alpha value is -2.16. The Kier molecular flexibility index (Phi) is 3.74. The van der Waals surface area contributed by atoms with Crippen molar-refractivity contribution >= 4 is 11.5 Å². The van der Waals surface area contributed by atoms with Crippen molar-refractivity contribution in [3.63, 3.8) is 0 Å². The van der Waals surface area contributed by atoms with Crippen LogP contribution in [0.25, 0.3) is 0 Å². The van der Waals surface area contributed by atoms with E-state index in [9.17, 15) is 9.18 Å². The summed E-state index contributed by atoms with van der Waals surface area (Å²) in [5.74, 6) is -0.119. The Balaban J connectivity index is 1.85. The number of carbonyl (C=O) groups is 1. The molecule has 2 nitrogen and oxygen atoms in total. The fourth-order valence-corrected chi connectivity index (χ4v) is 3.00. The summed E-state index contributed by atoms with van der Waals surface area (Å²) < 4.78 is 13.7. The van der Waals surface area contributed by atoms with Gasteiger partial charge in [-0.15, -0.1) is 0 Å². The zero-order valence-electron chi connectivity index (χ0n) is 12.1. The normalized spacial score (nSPS) is 17.4. The molecule has 0 spiro atoms. The van der Waals surface area contributed by atoms with Crippen LogP contribution in [0.4, 0.5) is 10.1 Å². The topological polar surface area (TPSA) is 20.3 Å². The number of hydrogen-bond donors (Lipinski definition) is 0. The lowest BCUT2D eigenvalue weighted by Crippen LogP contribution is -2.38. The molecule has 1 unspecified atom stereocenters. The van der Waals surface area contributed by atoms with Gasteiger partial charge in [0, 0.05) is 12.2 Å². The number of hydrogen-bond acceptors (Lipinski definition) is 2. The van der Waals surface area contributed by atoms with Gasteiger partial charge in [0.25, 0.3) is 0 Å². The van der Waals surface area contributed by atoms with Gasteiger partial charge in [0.1, 0.15) is 5.82 Å². The van der Waals surface area contributed by atoms with Crippen molar-refractivity contribution in [2.24, 2.45) is 5.92 Å². The molecule has 21 heavy (non-hydrogen) atoms. The first-order chi connectivity index (χ1) is 10.1. The van der Waals surface area contributed by atoms with Crippen LogP contribution in [0.3, 0.4) is 0 Å². The van der Waals surface area contributed by atoms with Crippen LogP contribution in [0, 0.1) is 11.7 Å². The van der Waals surface area contributed by atoms with Gasteiger partial charge in [0.2, 0.25) is 0 Å². The third kappa shape index (κ3) is 2.82. The van der Waals surface area contributed by atoms with E-state index in [1.54, 1.807) is 18.2 Å². The highest BCUT2D eigenvalue weighted by Crippen LogP contribution is 2.29. The van der Waals surface area contributed by atoms with Gasteiger partial charge in [-0.05, 0) is 36.1 Å². The Morgan fingerprint density at radius 3 is 2.71 bits per heavy atom. The first kappa shape index (κ1) is 13.8. The molecular weight excluding hydrogens is 265 g/mol. The van der Waals surface area contributed by atoms with Crippen molar-refractivity contribution in [3.8, 4) is 0 Å². The van der Waals surface area contributed by atoms with Crippen molar-refractivity contribution < 1.29 is 9.18 Å². The third-order valence-electron chi connectivity index (χ3n) is 3.94. The van der Waals surface area contributed by atoms with Gasteiger partial charge < -0.3 is 4.90 Å². The molecule has 0 saturated carbocycles. The summed E-state index contributed by atoms with van der Waals surface area (Å²) in [6.07, 6.45) is 1.03.